The fraction of sp³-hybridized carbons (Fsp3) is 0.120. The lowest BCUT2D eigenvalue weighted by molar-refractivity contribution is 0.104. The van der Waals surface area contributed by atoms with E-state index in [1.807, 2.05) is 13.0 Å². The van der Waals surface area contributed by atoms with Crippen LogP contribution in [0.4, 0.5) is 0 Å². The van der Waals surface area contributed by atoms with Crippen molar-refractivity contribution in [2.75, 3.05) is 13.7 Å². The van der Waals surface area contributed by atoms with Crippen LogP contribution in [0.15, 0.2) is 77.7 Å². The zero-order chi connectivity index (χ0) is 23.8. The molecular formula is C25H21NO6S. The maximum Gasteiger partial charge on any atom is 0.339 e. The molecule has 3 aromatic carbocycles. The summed E-state index contributed by atoms with van der Waals surface area (Å²) in [5.41, 5.74) is 2.00. The number of ketones is 1. The first-order valence-corrected chi connectivity index (χ1v) is 11.2. The Hall–Kier alpha value is -4.09. The number of methoxy groups -OCH3 is 1. The minimum atomic E-state index is -4.03. The molecule has 0 amide bonds. The molecule has 0 saturated heterocycles. The number of hydrogen-bond acceptors (Lipinski definition) is 7. The predicted molar refractivity (Wildman–Crippen MR) is 123 cm³/mol. The molecule has 0 aliphatic rings. The molecule has 0 atom stereocenters. The maximum absolute atomic E-state index is 12.6. The van der Waals surface area contributed by atoms with E-state index in [9.17, 15) is 13.2 Å². The molecule has 0 fully saturated rings. The molecule has 0 spiro atoms. The van der Waals surface area contributed by atoms with Crippen LogP contribution in [0.25, 0.3) is 6.08 Å². The molecule has 0 heterocycles. The van der Waals surface area contributed by atoms with Crippen molar-refractivity contribution >= 4 is 22.0 Å². The van der Waals surface area contributed by atoms with Gasteiger partial charge in [-0.15, -0.1) is 0 Å². The van der Waals surface area contributed by atoms with Crippen molar-refractivity contribution in [1.29, 1.82) is 5.26 Å². The monoisotopic (exact) mass is 463 g/mol. The molecule has 0 saturated carbocycles. The first kappa shape index (κ1) is 23.6. The molecule has 0 radical (unpaired) electrons. The Kier molecular flexibility index (Phi) is 7.49. The van der Waals surface area contributed by atoms with Crippen LogP contribution in [0.3, 0.4) is 0 Å². The fourth-order valence-corrected chi connectivity index (χ4v) is 3.77. The molecule has 8 heteroatoms. The van der Waals surface area contributed by atoms with Crippen molar-refractivity contribution in [3.63, 3.8) is 0 Å². The summed E-state index contributed by atoms with van der Waals surface area (Å²) in [4.78, 5) is 12.5. The normalized spacial score (nSPS) is 11.1. The molecule has 0 aliphatic carbocycles. The Morgan fingerprint density at radius 3 is 2.33 bits per heavy atom. The minimum Gasteiger partial charge on any atom is -0.493 e. The number of benzene rings is 3. The Balaban J connectivity index is 1.74. The fourth-order valence-electron chi connectivity index (χ4n) is 2.83. The lowest BCUT2D eigenvalue weighted by Gasteiger charge is -2.11. The molecular weight excluding hydrogens is 442 g/mol. The zero-order valence-corrected chi connectivity index (χ0v) is 18.8. The third-order valence-corrected chi connectivity index (χ3v) is 5.81. The second-order valence-electron chi connectivity index (χ2n) is 6.93. The van der Waals surface area contributed by atoms with Gasteiger partial charge >= 0.3 is 10.1 Å². The van der Waals surface area contributed by atoms with E-state index in [-0.39, 0.29) is 28.8 Å². The summed E-state index contributed by atoms with van der Waals surface area (Å²) < 4.78 is 40.8. The van der Waals surface area contributed by atoms with E-state index in [1.54, 1.807) is 54.6 Å². The third kappa shape index (κ3) is 6.21. The molecule has 0 bridgehead atoms. The van der Waals surface area contributed by atoms with E-state index < -0.39 is 10.1 Å². The van der Waals surface area contributed by atoms with Crippen LogP contribution < -0.4 is 13.7 Å². The number of carbonyl (C=O) groups excluding carboxylic acids is 1. The molecule has 7 nitrogen and oxygen atoms in total. The number of nitriles is 1. The molecule has 168 valence electrons. The molecule has 33 heavy (non-hydrogen) atoms. The number of aryl methyl sites for hydroxylation is 1. The highest BCUT2D eigenvalue weighted by atomic mass is 32.2. The van der Waals surface area contributed by atoms with Crippen LogP contribution in [0.5, 0.6) is 17.2 Å². The summed E-state index contributed by atoms with van der Waals surface area (Å²) in [6, 6.07) is 19.3. The average Bonchev–Trinajstić information content (AvgIpc) is 2.82. The van der Waals surface area contributed by atoms with Crippen LogP contribution in [-0.2, 0) is 10.1 Å². The van der Waals surface area contributed by atoms with E-state index in [0.29, 0.717) is 16.9 Å². The molecule has 0 unspecified atom stereocenters. The van der Waals surface area contributed by atoms with Crippen LogP contribution in [0.1, 0.15) is 21.5 Å². The van der Waals surface area contributed by atoms with Crippen LogP contribution in [0, 0.1) is 18.3 Å². The van der Waals surface area contributed by atoms with E-state index in [4.69, 9.17) is 18.9 Å². The van der Waals surface area contributed by atoms with Gasteiger partial charge in [0, 0.05) is 5.56 Å². The third-order valence-electron chi connectivity index (χ3n) is 4.57. The first-order chi connectivity index (χ1) is 15.8. The summed E-state index contributed by atoms with van der Waals surface area (Å²) in [6.07, 6.45) is 2.98. The van der Waals surface area contributed by atoms with Gasteiger partial charge < -0.3 is 13.7 Å². The largest absolute Gasteiger partial charge is 0.493 e. The second-order valence-corrected chi connectivity index (χ2v) is 8.48. The van der Waals surface area contributed by atoms with Gasteiger partial charge in [-0.25, -0.2) is 0 Å². The number of carbonyl (C=O) groups is 1. The van der Waals surface area contributed by atoms with Crippen molar-refractivity contribution in [3.8, 4) is 23.3 Å². The molecule has 0 aromatic heterocycles. The number of nitrogens with zero attached hydrogens (tertiary/aromatic N) is 1. The zero-order valence-electron chi connectivity index (χ0n) is 18.0. The Labute approximate surface area is 192 Å². The highest BCUT2D eigenvalue weighted by Gasteiger charge is 2.19. The molecule has 3 aromatic rings. The van der Waals surface area contributed by atoms with E-state index in [2.05, 4.69) is 0 Å². The summed E-state index contributed by atoms with van der Waals surface area (Å²) in [5.74, 6) is 0.509. The van der Waals surface area contributed by atoms with Gasteiger partial charge in [-0.1, -0.05) is 29.8 Å². The number of allylic oxidation sites excluding steroid dienone is 1. The van der Waals surface area contributed by atoms with E-state index in [0.717, 1.165) is 5.56 Å². The SMILES string of the molecule is COc1cc(/C=C/C(=O)c2ccc(OCC#N)cc2)ccc1OS(=O)(=O)c1ccc(C)cc1. The summed E-state index contributed by atoms with van der Waals surface area (Å²) in [7, 11) is -2.63. The lowest BCUT2D eigenvalue weighted by atomic mass is 10.1. The standard InChI is InChI=1S/C25H21NO6S/c1-18-3-11-22(12-4-18)33(28,29)32-24-14-6-19(17-25(24)30-2)5-13-23(27)20-7-9-21(10-8-20)31-16-15-26/h3-14,17H,16H2,1-2H3/b13-5+. The van der Waals surface area contributed by atoms with Crippen LogP contribution in [-0.4, -0.2) is 27.9 Å². The highest BCUT2D eigenvalue weighted by molar-refractivity contribution is 7.87. The van der Waals surface area contributed by atoms with Gasteiger partial charge in [-0.2, -0.15) is 13.7 Å². The first-order valence-electron chi connectivity index (χ1n) is 9.84. The lowest BCUT2D eigenvalue weighted by Crippen LogP contribution is -2.10. The van der Waals surface area contributed by atoms with Crippen molar-refractivity contribution in [1.82, 2.24) is 0 Å². The van der Waals surface area contributed by atoms with Gasteiger partial charge in [0.25, 0.3) is 0 Å². The van der Waals surface area contributed by atoms with Gasteiger partial charge in [-0.05, 0) is 67.1 Å². The number of ether oxygens (including phenoxy) is 2. The Morgan fingerprint density at radius 1 is 1.00 bits per heavy atom. The van der Waals surface area contributed by atoms with Crippen molar-refractivity contribution in [3.05, 3.63) is 89.5 Å². The Bertz CT molecular complexity index is 1300. The number of rotatable bonds is 9. The summed E-state index contributed by atoms with van der Waals surface area (Å²) in [6.45, 7) is 1.79. The van der Waals surface area contributed by atoms with E-state index in [1.165, 1.54) is 31.4 Å². The topological polar surface area (TPSA) is 103 Å². The maximum atomic E-state index is 12.6. The van der Waals surface area contributed by atoms with Crippen molar-refractivity contribution in [2.45, 2.75) is 11.8 Å². The average molecular weight is 464 g/mol. The van der Waals surface area contributed by atoms with Gasteiger partial charge in [0.2, 0.25) is 0 Å². The smallest absolute Gasteiger partial charge is 0.339 e. The van der Waals surface area contributed by atoms with Gasteiger partial charge in [-0.3, -0.25) is 4.79 Å². The molecule has 0 N–H and O–H groups in total. The van der Waals surface area contributed by atoms with Gasteiger partial charge in [0.15, 0.2) is 23.9 Å². The Morgan fingerprint density at radius 2 is 1.70 bits per heavy atom. The van der Waals surface area contributed by atoms with E-state index >= 15 is 0 Å². The summed E-state index contributed by atoms with van der Waals surface area (Å²) >= 11 is 0. The van der Waals surface area contributed by atoms with Crippen molar-refractivity contribution < 1.29 is 26.9 Å². The summed E-state index contributed by atoms with van der Waals surface area (Å²) in [5, 5.41) is 8.54. The van der Waals surface area contributed by atoms with Crippen LogP contribution in [0.2, 0.25) is 0 Å². The second kappa shape index (κ2) is 10.5. The highest BCUT2D eigenvalue weighted by Crippen LogP contribution is 2.31. The van der Waals surface area contributed by atoms with Crippen molar-refractivity contribution in [2.24, 2.45) is 0 Å². The number of hydrogen-bond donors (Lipinski definition) is 0. The van der Waals surface area contributed by atoms with Gasteiger partial charge in [0.05, 0.1) is 7.11 Å². The quantitative estimate of drug-likeness (QED) is 0.260. The molecule has 3 rings (SSSR count). The van der Waals surface area contributed by atoms with Gasteiger partial charge in [0.1, 0.15) is 16.7 Å². The minimum absolute atomic E-state index is 0.0359. The van der Waals surface area contributed by atoms with Crippen LogP contribution >= 0.6 is 0 Å². The predicted octanol–water partition coefficient (Wildman–Crippen LogP) is 4.57. The molecule has 0 aliphatic heterocycles.